The highest BCUT2D eigenvalue weighted by Crippen LogP contribution is 2.23. The lowest BCUT2D eigenvalue weighted by Crippen LogP contribution is -2.06. The minimum absolute atomic E-state index is 0.337. The molecule has 0 heterocycles. The number of hydrogen-bond donors (Lipinski definition) is 1. The molecule has 0 radical (unpaired) electrons. The van der Waals surface area contributed by atoms with E-state index in [1.807, 2.05) is 0 Å². The fraction of sp³-hybridized carbons (Fsp3) is 0.111. The molecule has 3 nitrogen and oxygen atoms in total. The first-order chi connectivity index (χ1) is 6.50. The van der Waals surface area contributed by atoms with E-state index in [2.05, 4.69) is 15.9 Å². The number of halogens is 2. The number of Topliss-reactive ketones (excluding diaryl/α,β-unsaturated/α-hetero) is 1. The number of aliphatic carboxylic acids is 1. The van der Waals surface area contributed by atoms with Crippen molar-refractivity contribution in [3.05, 3.63) is 33.3 Å². The predicted molar refractivity (Wildman–Crippen MR) is 55.7 cm³/mol. The van der Waals surface area contributed by atoms with Crippen LogP contribution in [0.2, 0.25) is 5.02 Å². The number of carboxylic acid groups (broad SMARTS) is 1. The minimum Gasteiger partial charge on any atom is -0.481 e. The molecule has 0 aliphatic rings. The number of carbonyl (C=O) groups excluding carboxylic acids is 1. The van der Waals surface area contributed by atoms with Gasteiger partial charge >= 0.3 is 5.97 Å². The van der Waals surface area contributed by atoms with E-state index < -0.39 is 18.2 Å². The van der Waals surface area contributed by atoms with Gasteiger partial charge in [0.15, 0.2) is 5.78 Å². The van der Waals surface area contributed by atoms with E-state index in [0.29, 0.717) is 15.1 Å². The summed E-state index contributed by atoms with van der Waals surface area (Å²) in [6, 6.07) is 4.55. The van der Waals surface area contributed by atoms with Gasteiger partial charge in [0, 0.05) is 10.0 Å². The summed E-state index contributed by atoms with van der Waals surface area (Å²) < 4.78 is 0.579. The SMILES string of the molecule is O=C(O)CC(=O)c1ccc(Cl)c(Br)c1. The van der Waals surface area contributed by atoms with Gasteiger partial charge in [0.2, 0.25) is 0 Å². The molecule has 0 saturated heterocycles. The largest absolute Gasteiger partial charge is 0.481 e. The molecule has 0 amide bonds. The molecule has 0 aromatic heterocycles. The third-order valence-corrected chi connectivity index (χ3v) is 2.77. The van der Waals surface area contributed by atoms with Gasteiger partial charge in [0.1, 0.15) is 6.42 Å². The van der Waals surface area contributed by atoms with Gasteiger partial charge in [0.25, 0.3) is 0 Å². The van der Waals surface area contributed by atoms with Crippen molar-refractivity contribution in [1.82, 2.24) is 0 Å². The van der Waals surface area contributed by atoms with Crippen LogP contribution < -0.4 is 0 Å². The fourth-order valence-electron chi connectivity index (χ4n) is 0.909. The lowest BCUT2D eigenvalue weighted by Gasteiger charge is -2.00. The standard InChI is InChI=1S/C9H6BrClO3/c10-6-3-5(1-2-7(6)11)8(12)4-9(13)14/h1-3H,4H2,(H,13,14). The number of ketones is 1. The monoisotopic (exact) mass is 276 g/mol. The Bertz CT molecular complexity index is 390. The first-order valence-corrected chi connectivity index (χ1v) is 4.88. The van der Waals surface area contributed by atoms with E-state index in [0.717, 1.165) is 0 Å². The second kappa shape index (κ2) is 4.57. The molecule has 5 heteroatoms. The maximum atomic E-state index is 11.3. The van der Waals surface area contributed by atoms with Gasteiger partial charge in [-0.1, -0.05) is 11.6 Å². The normalized spacial score (nSPS) is 9.86. The quantitative estimate of drug-likeness (QED) is 0.683. The molecule has 0 atom stereocenters. The molecule has 0 bridgehead atoms. The summed E-state index contributed by atoms with van der Waals surface area (Å²) in [7, 11) is 0. The Morgan fingerprint density at radius 1 is 1.43 bits per heavy atom. The van der Waals surface area contributed by atoms with Gasteiger partial charge in [0.05, 0.1) is 5.02 Å². The average molecular weight is 278 g/mol. The number of rotatable bonds is 3. The van der Waals surface area contributed by atoms with Crippen molar-refractivity contribution < 1.29 is 14.7 Å². The summed E-state index contributed by atoms with van der Waals surface area (Å²) >= 11 is 8.87. The molecule has 0 spiro atoms. The van der Waals surface area contributed by atoms with Gasteiger partial charge in [-0.2, -0.15) is 0 Å². The summed E-state index contributed by atoms with van der Waals surface area (Å²) in [4.78, 5) is 21.6. The maximum Gasteiger partial charge on any atom is 0.311 e. The first-order valence-electron chi connectivity index (χ1n) is 3.70. The highest BCUT2D eigenvalue weighted by molar-refractivity contribution is 9.10. The number of carbonyl (C=O) groups is 2. The van der Waals surface area contributed by atoms with Crippen molar-refractivity contribution in [2.75, 3.05) is 0 Å². The Balaban J connectivity index is 2.91. The van der Waals surface area contributed by atoms with Crippen molar-refractivity contribution in [3.8, 4) is 0 Å². The summed E-state index contributed by atoms with van der Waals surface area (Å²) in [5.41, 5.74) is 0.337. The van der Waals surface area contributed by atoms with Crippen LogP contribution >= 0.6 is 27.5 Å². The van der Waals surface area contributed by atoms with Crippen LogP contribution in [-0.4, -0.2) is 16.9 Å². The summed E-state index contributed by atoms with van der Waals surface area (Å²) in [6.07, 6.45) is -0.506. The van der Waals surface area contributed by atoms with Crippen molar-refractivity contribution >= 4 is 39.3 Å². The average Bonchev–Trinajstić information content (AvgIpc) is 2.08. The summed E-state index contributed by atoms with van der Waals surface area (Å²) in [5.74, 6) is -1.57. The molecule has 1 rings (SSSR count). The zero-order valence-electron chi connectivity index (χ0n) is 6.96. The van der Waals surface area contributed by atoms with E-state index in [1.54, 1.807) is 6.07 Å². The highest BCUT2D eigenvalue weighted by atomic mass is 79.9. The molecular formula is C9H6BrClO3. The van der Waals surface area contributed by atoms with Crippen LogP contribution in [0.5, 0.6) is 0 Å². The summed E-state index contributed by atoms with van der Waals surface area (Å²) in [6.45, 7) is 0. The number of hydrogen-bond acceptors (Lipinski definition) is 2. The van der Waals surface area contributed by atoms with Gasteiger partial charge < -0.3 is 5.11 Å². The van der Waals surface area contributed by atoms with E-state index in [1.165, 1.54) is 12.1 Å². The van der Waals surface area contributed by atoms with Gasteiger partial charge in [-0.3, -0.25) is 9.59 Å². The first kappa shape index (κ1) is 11.2. The molecule has 0 unspecified atom stereocenters. The molecular weight excluding hydrogens is 271 g/mol. The van der Waals surface area contributed by atoms with E-state index >= 15 is 0 Å². The number of carboxylic acids is 1. The molecule has 1 aromatic carbocycles. The van der Waals surface area contributed by atoms with Crippen molar-refractivity contribution in [2.45, 2.75) is 6.42 Å². The van der Waals surface area contributed by atoms with Gasteiger partial charge in [-0.25, -0.2) is 0 Å². The molecule has 0 aliphatic carbocycles. The molecule has 0 saturated carbocycles. The van der Waals surface area contributed by atoms with Crippen LogP contribution in [0.25, 0.3) is 0 Å². The van der Waals surface area contributed by atoms with Crippen molar-refractivity contribution in [2.24, 2.45) is 0 Å². The summed E-state index contributed by atoms with van der Waals surface area (Å²) in [5, 5.41) is 8.89. The minimum atomic E-state index is -1.14. The second-order valence-electron chi connectivity index (χ2n) is 2.62. The van der Waals surface area contributed by atoms with E-state index in [4.69, 9.17) is 16.7 Å². The Labute approximate surface area is 93.8 Å². The van der Waals surface area contributed by atoms with E-state index in [9.17, 15) is 9.59 Å². The molecule has 14 heavy (non-hydrogen) atoms. The van der Waals surface area contributed by atoms with Crippen LogP contribution in [0.15, 0.2) is 22.7 Å². The topological polar surface area (TPSA) is 54.4 Å². The Morgan fingerprint density at radius 3 is 2.57 bits per heavy atom. The van der Waals surface area contributed by atoms with Crippen LogP contribution in [-0.2, 0) is 4.79 Å². The molecule has 0 aliphatic heterocycles. The van der Waals surface area contributed by atoms with Gasteiger partial charge in [-0.15, -0.1) is 0 Å². The second-order valence-corrected chi connectivity index (χ2v) is 3.88. The van der Waals surface area contributed by atoms with Crippen LogP contribution in [0, 0.1) is 0 Å². The van der Waals surface area contributed by atoms with Crippen LogP contribution in [0.3, 0.4) is 0 Å². The van der Waals surface area contributed by atoms with Crippen LogP contribution in [0.1, 0.15) is 16.8 Å². The lowest BCUT2D eigenvalue weighted by molar-refractivity contribution is -0.135. The van der Waals surface area contributed by atoms with Crippen molar-refractivity contribution in [1.29, 1.82) is 0 Å². The number of benzene rings is 1. The molecule has 1 aromatic rings. The fourth-order valence-corrected chi connectivity index (χ4v) is 1.41. The smallest absolute Gasteiger partial charge is 0.311 e. The van der Waals surface area contributed by atoms with E-state index in [-0.39, 0.29) is 0 Å². The Morgan fingerprint density at radius 2 is 2.07 bits per heavy atom. The lowest BCUT2D eigenvalue weighted by atomic mass is 10.1. The third kappa shape index (κ3) is 2.82. The maximum absolute atomic E-state index is 11.3. The van der Waals surface area contributed by atoms with Crippen LogP contribution in [0.4, 0.5) is 0 Å². The van der Waals surface area contributed by atoms with Gasteiger partial charge in [-0.05, 0) is 34.1 Å². The molecule has 0 fully saturated rings. The third-order valence-electron chi connectivity index (χ3n) is 1.55. The zero-order valence-corrected chi connectivity index (χ0v) is 9.30. The Kier molecular flexibility index (Phi) is 3.66. The Hall–Kier alpha value is -0.870. The molecule has 74 valence electrons. The molecule has 1 N–H and O–H groups in total. The highest BCUT2D eigenvalue weighted by Gasteiger charge is 2.11. The zero-order chi connectivity index (χ0) is 10.7. The predicted octanol–water partition coefficient (Wildman–Crippen LogP) is 2.76. The van der Waals surface area contributed by atoms with Crippen molar-refractivity contribution in [3.63, 3.8) is 0 Å².